The Morgan fingerprint density at radius 2 is 2.14 bits per heavy atom. The smallest absolute Gasteiger partial charge is 0.119 e. The maximum Gasteiger partial charge on any atom is 0.119 e. The van der Waals surface area contributed by atoms with E-state index in [0.29, 0.717) is 12.3 Å². The van der Waals surface area contributed by atoms with E-state index in [2.05, 4.69) is 0 Å². The van der Waals surface area contributed by atoms with Crippen LogP contribution in [0.25, 0.3) is 5.70 Å². The molecule has 72 valence electrons. The Bertz CT molecular complexity index is 360. The highest BCUT2D eigenvalue weighted by atomic mass is 16.5. The number of hydrogen-bond acceptors (Lipinski definition) is 3. The first-order chi connectivity index (χ1) is 6.77. The van der Waals surface area contributed by atoms with Crippen molar-refractivity contribution in [2.75, 3.05) is 6.61 Å². The molecule has 0 aromatic heterocycles. The van der Waals surface area contributed by atoms with Crippen LogP contribution in [0, 0.1) is 11.3 Å². The summed E-state index contributed by atoms with van der Waals surface area (Å²) in [5.41, 5.74) is 6.92. The van der Waals surface area contributed by atoms with Crippen LogP contribution in [-0.2, 0) is 0 Å². The van der Waals surface area contributed by atoms with Gasteiger partial charge in [-0.05, 0) is 36.8 Å². The van der Waals surface area contributed by atoms with Gasteiger partial charge < -0.3 is 10.5 Å². The molecule has 0 spiro atoms. The van der Waals surface area contributed by atoms with Crippen LogP contribution in [0.15, 0.2) is 30.3 Å². The predicted molar refractivity (Wildman–Crippen MR) is 55.4 cm³/mol. The largest absolute Gasteiger partial charge is 0.494 e. The highest BCUT2D eigenvalue weighted by Crippen LogP contribution is 2.15. The summed E-state index contributed by atoms with van der Waals surface area (Å²) in [5, 5.41) is 8.41. The molecule has 0 heterocycles. The first-order valence-corrected chi connectivity index (χ1v) is 4.36. The molecule has 0 aliphatic heterocycles. The molecule has 2 N–H and O–H groups in total. The van der Waals surface area contributed by atoms with E-state index in [1.807, 2.05) is 37.3 Å². The lowest BCUT2D eigenvalue weighted by atomic mass is 10.1. The maximum absolute atomic E-state index is 8.41. The van der Waals surface area contributed by atoms with E-state index < -0.39 is 0 Å². The summed E-state index contributed by atoms with van der Waals surface area (Å²) in [6.45, 7) is 2.57. The molecule has 0 fully saturated rings. The average Bonchev–Trinajstić information content (AvgIpc) is 2.20. The molecule has 0 bridgehead atoms. The molecule has 1 aromatic carbocycles. The van der Waals surface area contributed by atoms with E-state index in [9.17, 15) is 0 Å². The van der Waals surface area contributed by atoms with Gasteiger partial charge in [0.05, 0.1) is 12.7 Å². The standard InChI is InChI=1S/C11H12N2O/c1-2-14-10-5-3-9(4-6-10)11(13)7-8-12/h3-7H,2,13H2,1H3/b11-7-. The van der Waals surface area contributed by atoms with E-state index in [0.717, 1.165) is 11.3 Å². The third kappa shape index (κ3) is 2.53. The second kappa shape index (κ2) is 4.93. The van der Waals surface area contributed by atoms with Gasteiger partial charge in [0.15, 0.2) is 0 Å². The van der Waals surface area contributed by atoms with Gasteiger partial charge in [0, 0.05) is 11.8 Å². The summed E-state index contributed by atoms with van der Waals surface area (Å²) < 4.78 is 5.28. The van der Waals surface area contributed by atoms with Crippen molar-refractivity contribution in [1.29, 1.82) is 5.26 Å². The summed E-state index contributed by atoms with van der Waals surface area (Å²) in [4.78, 5) is 0. The van der Waals surface area contributed by atoms with Crippen LogP contribution in [0.1, 0.15) is 12.5 Å². The molecule has 3 heteroatoms. The van der Waals surface area contributed by atoms with Gasteiger partial charge in [-0.3, -0.25) is 0 Å². The van der Waals surface area contributed by atoms with Crippen molar-refractivity contribution in [3.8, 4) is 11.8 Å². The molecular weight excluding hydrogens is 176 g/mol. The molecule has 1 aromatic rings. The van der Waals surface area contributed by atoms with Crippen molar-refractivity contribution in [2.24, 2.45) is 5.73 Å². The zero-order valence-electron chi connectivity index (χ0n) is 8.03. The number of benzene rings is 1. The van der Waals surface area contributed by atoms with Gasteiger partial charge >= 0.3 is 0 Å². The third-order valence-electron chi connectivity index (χ3n) is 1.72. The van der Waals surface area contributed by atoms with Gasteiger partial charge in [-0.2, -0.15) is 5.26 Å². The van der Waals surface area contributed by atoms with Crippen LogP contribution in [-0.4, -0.2) is 6.61 Å². The minimum atomic E-state index is 0.468. The van der Waals surface area contributed by atoms with Crippen molar-refractivity contribution < 1.29 is 4.74 Å². The molecule has 1 rings (SSSR count). The van der Waals surface area contributed by atoms with Crippen molar-refractivity contribution in [1.82, 2.24) is 0 Å². The molecular formula is C11H12N2O. The van der Waals surface area contributed by atoms with Gasteiger partial charge in [0.25, 0.3) is 0 Å². The van der Waals surface area contributed by atoms with Crippen molar-refractivity contribution in [3.63, 3.8) is 0 Å². The minimum absolute atomic E-state index is 0.468. The lowest BCUT2D eigenvalue weighted by Crippen LogP contribution is -1.96. The fourth-order valence-electron chi connectivity index (χ4n) is 1.06. The van der Waals surface area contributed by atoms with E-state index in [4.69, 9.17) is 15.7 Å². The summed E-state index contributed by atoms with van der Waals surface area (Å²) in [6.07, 6.45) is 1.32. The van der Waals surface area contributed by atoms with Crippen molar-refractivity contribution in [2.45, 2.75) is 6.92 Å². The summed E-state index contributed by atoms with van der Waals surface area (Å²) in [5.74, 6) is 0.806. The molecule has 0 aliphatic rings. The Labute approximate surface area is 83.4 Å². The summed E-state index contributed by atoms with van der Waals surface area (Å²) in [7, 11) is 0. The highest BCUT2D eigenvalue weighted by molar-refractivity contribution is 5.65. The maximum atomic E-state index is 8.41. The highest BCUT2D eigenvalue weighted by Gasteiger charge is 1.96. The number of rotatable bonds is 3. The second-order valence-corrected chi connectivity index (χ2v) is 2.69. The quantitative estimate of drug-likeness (QED) is 0.737. The van der Waals surface area contributed by atoms with Gasteiger partial charge in [0.1, 0.15) is 5.75 Å². The number of nitrogens with two attached hydrogens (primary N) is 1. The third-order valence-corrected chi connectivity index (χ3v) is 1.72. The normalized spacial score (nSPS) is 10.7. The molecule has 3 nitrogen and oxygen atoms in total. The van der Waals surface area contributed by atoms with E-state index in [1.54, 1.807) is 0 Å². The lowest BCUT2D eigenvalue weighted by Gasteiger charge is -2.04. The predicted octanol–water partition coefficient (Wildman–Crippen LogP) is 1.91. The molecule has 0 radical (unpaired) electrons. The minimum Gasteiger partial charge on any atom is -0.494 e. The number of nitriles is 1. The van der Waals surface area contributed by atoms with E-state index in [-0.39, 0.29) is 0 Å². The Kier molecular flexibility index (Phi) is 3.57. The number of nitrogens with zero attached hydrogens (tertiary/aromatic N) is 1. The van der Waals surface area contributed by atoms with Crippen molar-refractivity contribution in [3.05, 3.63) is 35.9 Å². The zero-order chi connectivity index (χ0) is 10.4. The fourth-order valence-corrected chi connectivity index (χ4v) is 1.06. The first kappa shape index (κ1) is 10.1. The Morgan fingerprint density at radius 3 is 2.64 bits per heavy atom. The van der Waals surface area contributed by atoms with Gasteiger partial charge in [0.2, 0.25) is 0 Å². The number of hydrogen-bond donors (Lipinski definition) is 1. The molecule has 14 heavy (non-hydrogen) atoms. The molecule has 0 aliphatic carbocycles. The van der Waals surface area contributed by atoms with Crippen LogP contribution < -0.4 is 10.5 Å². The Balaban J connectivity index is 2.84. The summed E-state index contributed by atoms with van der Waals surface area (Å²) in [6, 6.07) is 9.20. The van der Waals surface area contributed by atoms with Crippen LogP contribution in [0.4, 0.5) is 0 Å². The van der Waals surface area contributed by atoms with Gasteiger partial charge in [-0.25, -0.2) is 0 Å². The second-order valence-electron chi connectivity index (χ2n) is 2.69. The van der Waals surface area contributed by atoms with E-state index >= 15 is 0 Å². The SMILES string of the molecule is CCOc1ccc(/C(N)=C/C#N)cc1. The Hall–Kier alpha value is -1.95. The Morgan fingerprint density at radius 1 is 1.50 bits per heavy atom. The van der Waals surface area contributed by atoms with Crippen LogP contribution in [0.5, 0.6) is 5.75 Å². The topological polar surface area (TPSA) is 59.0 Å². The number of allylic oxidation sites excluding steroid dienone is 1. The van der Waals surface area contributed by atoms with E-state index in [1.165, 1.54) is 6.08 Å². The molecule has 0 atom stereocenters. The first-order valence-electron chi connectivity index (χ1n) is 4.36. The molecule has 0 amide bonds. The fraction of sp³-hybridized carbons (Fsp3) is 0.182. The lowest BCUT2D eigenvalue weighted by molar-refractivity contribution is 0.340. The summed E-state index contributed by atoms with van der Waals surface area (Å²) >= 11 is 0. The van der Waals surface area contributed by atoms with Crippen LogP contribution >= 0.6 is 0 Å². The van der Waals surface area contributed by atoms with Crippen LogP contribution in [0.2, 0.25) is 0 Å². The van der Waals surface area contributed by atoms with Gasteiger partial charge in [-0.15, -0.1) is 0 Å². The molecule has 0 saturated heterocycles. The molecule has 0 saturated carbocycles. The van der Waals surface area contributed by atoms with Crippen molar-refractivity contribution >= 4 is 5.70 Å². The van der Waals surface area contributed by atoms with Crippen LogP contribution in [0.3, 0.4) is 0 Å². The van der Waals surface area contributed by atoms with Gasteiger partial charge in [-0.1, -0.05) is 0 Å². The number of ether oxygens (including phenoxy) is 1. The average molecular weight is 188 g/mol. The zero-order valence-corrected chi connectivity index (χ0v) is 8.03. The monoisotopic (exact) mass is 188 g/mol. The molecule has 0 unspecified atom stereocenters.